The van der Waals surface area contributed by atoms with Gasteiger partial charge in [0.1, 0.15) is 5.82 Å². The summed E-state index contributed by atoms with van der Waals surface area (Å²) in [4.78, 5) is 0. The Morgan fingerprint density at radius 3 is 2.63 bits per heavy atom. The van der Waals surface area contributed by atoms with Crippen molar-refractivity contribution in [2.45, 2.75) is 6.42 Å². The van der Waals surface area contributed by atoms with Gasteiger partial charge in [-0.2, -0.15) is 13.5 Å². The van der Waals surface area contributed by atoms with Crippen LogP contribution in [0.4, 0.5) is 4.39 Å². The van der Waals surface area contributed by atoms with Crippen molar-refractivity contribution in [3.8, 4) is 5.69 Å². The van der Waals surface area contributed by atoms with Crippen molar-refractivity contribution in [1.29, 1.82) is 0 Å². The van der Waals surface area contributed by atoms with Gasteiger partial charge < -0.3 is 0 Å². The average molecular weight is 284 g/mol. The van der Waals surface area contributed by atoms with E-state index in [0.717, 1.165) is 17.5 Å². The molecule has 0 atom stereocenters. The molecule has 0 spiro atoms. The summed E-state index contributed by atoms with van der Waals surface area (Å²) < 4.78 is 40.6. The molecule has 0 fully saturated rings. The number of benzene rings is 1. The SMILES string of the molecule is CS(=O)(=O)OCCc1cnn(-c2ccc(F)cc2)c1. The predicted octanol–water partition coefficient (Wildman–Crippen LogP) is 1.53. The number of aromatic nitrogens is 2. The maximum absolute atomic E-state index is 12.8. The van der Waals surface area contributed by atoms with Gasteiger partial charge in [0.05, 0.1) is 24.7 Å². The van der Waals surface area contributed by atoms with Crippen LogP contribution in [0.1, 0.15) is 5.56 Å². The van der Waals surface area contributed by atoms with Gasteiger partial charge in [0.25, 0.3) is 10.1 Å². The van der Waals surface area contributed by atoms with Crippen LogP contribution in [0.3, 0.4) is 0 Å². The fraction of sp³-hybridized carbons (Fsp3) is 0.250. The van der Waals surface area contributed by atoms with Crippen LogP contribution in [-0.2, 0) is 20.7 Å². The van der Waals surface area contributed by atoms with Crippen molar-refractivity contribution in [2.75, 3.05) is 12.9 Å². The molecule has 5 nitrogen and oxygen atoms in total. The fourth-order valence-electron chi connectivity index (χ4n) is 1.54. The second kappa shape index (κ2) is 5.50. The second-order valence-electron chi connectivity index (χ2n) is 4.05. The van der Waals surface area contributed by atoms with E-state index in [1.54, 1.807) is 29.2 Å². The van der Waals surface area contributed by atoms with Crippen molar-refractivity contribution in [1.82, 2.24) is 9.78 Å². The van der Waals surface area contributed by atoms with Crippen LogP contribution in [0.15, 0.2) is 36.7 Å². The lowest BCUT2D eigenvalue weighted by molar-refractivity contribution is 0.326. The van der Waals surface area contributed by atoms with Gasteiger partial charge in [0.2, 0.25) is 0 Å². The molecule has 0 unspecified atom stereocenters. The summed E-state index contributed by atoms with van der Waals surface area (Å²) in [5.41, 5.74) is 1.57. The highest BCUT2D eigenvalue weighted by molar-refractivity contribution is 7.85. The molecule has 0 radical (unpaired) electrons. The van der Waals surface area contributed by atoms with E-state index in [9.17, 15) is 12.8 Å². The Morgan fingerprint density at radius 1 is 1.32 bits per heavy atom. The third kappa shape index (κ3) is 4.15. The molecule has 0 aliphatic heterocycles. The zero-order valence-corrected chi connectivity index (χ0v) is 11.1. The quantitative estimate of drug-likeness (QED) is 0.781. The topological polar surface area (TPSA) is 61.2 Å². The van der Waals surface area contributed by atoms with Gasteiger partial charge in [-0.15, -0.1) is 0 Å². The molecule has 0 saturated carbocycles. The van der Waals surface area contributed by atoms with Gasteiger partial charge in [-0.3, -0.25) is 4.18 Å². The zero-order valence-electron chi connectivity index (χ0n) is 10.3. The maximum Gasteiger partial charge on any atom is 0.264 e. The summed E-state index contributed by atoms with van der Waals surface area (Å²) in [6, 6.07) is 5.92. The first-order valence-electron chi connectivity index (χ1n) is 5.58. The molecule has 1 aromatic heterocycles. The van der Waals surface area contributed by atoms with Crippen molar-refractivity contribution >= 4 is 10.1 Å². The van der Waals surface area contributed by atoms with Crippen LogP contribution < -0.4 is 0 Å². The largest absolute Gasteiger partial charge is 0.270 e. The summed E-state index contributed by atoms with van der Waals surface area (Å²) in [7, 11) is -3.41. The summed E-state index contributed by atoms with van der Waals surface area (Å²) in [5, 5.41) is 4.12. The highest BCUT2D eigenvalue weighted by Gasteiger charge is 2.04. The third-order valence-electron chi connectivity index (χ3n) is 2.42. The van der Waals surface area contributed by atoms with Crippen LogP contribution in [0, 0.1) is 5.82 Å². The van der Waals surface area contributed by atoms with E-state index in [0.29, 0.717) is 6.42 Å². The normalized spacial score (nSPS) is 11.7. The first-order valence-corrected chi connectivity index (χ1v) is 7.39. The molecule has 0 aliphatic rings. The Hall–Kier alpha value is -1.73. The Labute approximate surface area is 110 Å². The first kappa shape index (κ1) is 13.7. The van der Waals surface area contributed by atoms with Crippen LogP contribution in [0.25, 0.3) is 5.69 Å². The summed E-state index contributed by atoms with van der Waals surface area (Å²) in [5.74, 6) is -0.308. The molecule has 0 aliphatic carbocycles. The van der Waals surface area contributed by atoms with Crippen LogP contribution in [0.2, 0.25) is 0 Å². The monoisotopic (exact) mass is 284 g/mol. The number of halogens is 1. The molecule has 0 amide bonds. The van der Waals surface area contributed by atoms with Crippen molar-refractivity contribution < 1.29 is 17.0 Å². The van der Waals surface area contributed by atoms with Gasteiger partial charge in [0.15, 0.2) is 0 Å². The molecule has 1 aromatic carbocycles. The lowest BCUT2D eigenvalue weighted by atomic mass is 10.3. The lowest BCUT2D eigenvalue weighted by Crippen LogP contribution is -2.05. The van der Waals surface area contributed by atoms with Crippen LogP contribution in [0.5, 0.6) is 0 Å². The van der Waals surface area contributed by atoms with E-state index in [-0.39, 0.29) is 12.4 Å². The molecular weight excluding hydrogens is 271 g/mol. The minimum absolute atomic E-state index is 0.0773. The van der Waals surface area contributed by atoms with Crippen LogP contribution >= 0.6 is 0 Å². The lowest BCUT2D eigenvalue weighted by Gasteiger charge is -2.00. The van der Waals surface area contributed by atoms with E-state index in [2.05, 4.69) is 9.28 Å². The summed E-state index contributed by atoms with van der Waals surface area (Å²) in [6.45, 7) is 0.0773. The number of nitrogens with zero attached hydrogens (tertiary/aromatic N) is 2. The number of hydrogen-bond donors (Lipinski definition) is 0. The van der Waals surface area contributed by atoms with E-state index in [4.69, 9.17) is 0 Å². The molecule has 0 saturated heterocycles. The van der Waals surface area contributed by atoms with Crippen LogP contribution in [-0.4, -0.2) is 31.1 Å². The van der Waals surface area contributed by atoms with E-state index >= 15 is 0 Å². The molecule has 102 valence electrons. The van der Waals surface area contributed by atoms with Gasteiger partial charge in [0, 0.05) is 12.6 Å². The maximum atomic E-state index is 12.8. The third-order valence-corrected chi connectivity index (χ3v) is 3.01. The molecule has 2 aromatic rings. The smallest absolute Gasteiger partial charge is 0.264 e. The fourth-order valence-corrected chi connectivity index (χ4v) is 1.92. The first-order chi connectivity index (χ1) is 8.94. The van der Waals surface area contributed by atoms with E-state index in [1.165, 1.54) is 12.1 Å². The molecule has 2 rings (SSSR count). The van der Waals surface area contributed by atoms with E-state index < -0.39 is 10.1 Å². The molecule has 7 heteroatoms. The van der Waals surface area contributed by atoms with Gasteiger partial charge in [-0.05, 0) is 29.8 Å². The Bertz CT molecular complexity index is 650. The van der Waals surface area contributed by atoms with Crippen molar-refractivity contribution in [3.63, 3.8) is 0 Å². The second-order valence-corrected chi connectivity index (χ2v) is 5.69. The average Bonchev–Trinajstić information content (AvgIpc) is 2.77. The standard InChI is InChI=1S/C12H13FN2O3S/c1-19(16,17)18-7-6-10-8-14-15(9-10)12-4-2-11(13)3-5-12/h2-5,8-9H,6-7H2,1H3. The van der Waals surface area contributed by atoms with Crippen molar-refractivity contribution in [2.24, 2.45) is 0 Å². The molecule has 0 bridgehead atoms. The number of rotatable bonds is 5. The highest BCUT2D eigenvalue weighted by atomic mass is 32.2. The summed E-state index contributed by atoms with van der Waals surface area (Å²) >= 11 is 0. The molecule has 0 N–H and O–H groups in total. The Kier molecular flexibility index (Phi) is 3.96. The van der Waals surface area contributed by atoms with Gasteiger partial charge in [-0.25, -0.2) is 9.07 Å². The molecule has 19 heavy (non-hydrogen) atoms. The Morgan fingerprint density at radius 2 is 2.00 bits per heavy atom. The van der Waals surface area contributed by atoms with Gasteiger partial charge >= 0.3 is 0 Å². The van der Waals surface area contributed by atoms with Gasteiger partial charge in [-0.1, -0.05) is 0 Å². The van der Waals surface area contributed by atoms with Crippen molar-refractivity contribution in [3.05, 3.63) is 48.0 Å². The minimum atomic E-state index is -3.41. The number of hydrogen-bond acceptors (Lipinski definition) is 4. The highest BCUT2D eigenvalue weighted by Crippen LogP contribution is 2.10. The Balaban J connectivity index is 2.01. The minimum Gasteiger partial charge on any atom is -0.270 e. The summed E-state index contributed by atoms with van der Waals surface area (Å²) in [6.07, 6.45) is 4.82. The van der Waals surface area contributed by atoms with E-state index in [1.807, 2.05) is 0 Å². The molecular formula is C12H13FN2O3S. The molecule has 1 heterocycles. The zero-order chi connectivity index (χ0) is 13.9. The predicted molar refractivity (Wildman–Crippen MR) is 68.0 cm³/mol.